The largest absolute Gasteiger partial charge is 0.453 e. The Bertz CT molecular complexity index is 1950. The predicted molar refractivity (Wildman–Crippen MR) is 194 cm³/mol. The molecule has 268 valence electrons. The van der Waals surface area contributed by atoms with Gasteiger partial charge in [0.2, 0.25) is 0 Å². The number of aryl methyl sites for hydroxylation is 1. The fourth-order valence-corrected chi connectivity index (χ4v) is 8.40. The molecule has 0 spiro atoms. The molecule has 5 N–H and O–H groups in total. The van der Waals surface area contributed by atoms with Gasteiger partial charge in [0.25, 0.3) is 20.2 Å². The van der Waals surface area contributed by atoms with E-state index in [1.807, 2.05) is 48.5 Å². The number of rotatable bonds is 16. The van der Waals surface area contributed by atoms with Crippen molar-refractivity contribution in [3.05, 3.63) is 118 Å². The summed E-state index contributed by atoms with van der Waals surface area (Å²) in [5.74, 6) is -1.26. The lowest BCUT2D eigenvalue weighted by Gasteiger charge is -2.37. The van der Waals surface area contributed by atoms with Crippen LogP contribution in [-0.2, 0) is 47.5 Å². The highest BCUT2D eigenvalue weighted by Crippen LogP contribution is 2.38. The summed E-state index contributed by atoms with van der Waals surface area (Å²) in [4.78, 5) is 26.0. The van der Waals surface area contributed by atoms with Gasteiger partial charge in [0.05, 0.1) is 9.80 Å². The van der Waals surface area contributed by atoms with Crippen molar-refractivity contribution in [1.82, 2.24) is 5.32 Å². The molecule has 12 nitrogen and oxygen atoms in total. The molecule has 0 saturated heterocycles. The summed E-state index contributed by atoms with van der Waals surface area (Å²) in [6, 6.07) is 20.1. The Balaban J connectivity index is 1.42. The van der Waals surface area contributed by atoms with Gasteiger partial charge in [-0.1, -0.05) is 94.4 Å². The number of hydrogen-bond acceptors (Lipinski definition) is 12. The molecule has 3 atom stereocenters. The van der Waals surface area contributed by atoms with Gasteiger partial charge < -0.3 is 15.2 Å². The van der Waals surface area contributed by atoms with Gasteiger partial charge in [-0.3, -0.25) is 19.2 Å². The molecule has 0 aliphatic heterocycles. The minimum absolute atomic E-state index is 0.0254. The van der Waals surface area contributed by atoms with E-state index in [1.54, 1.807) is 26.0 Å². The van der Waals surface area contributed by atoms with E-state index in [0.717, 1.165) is 17.2 Å². The molecule has 3 aromatic rings. The van der Waals surface area contributed by atoms with E-state index < -0.39 is 54.8 Å². The lowest BCUT2D eigenvalue weighted by Crippen LogP contribution is -2.46. The fourth-order valence-electron chi connectivity index (χ4n) is 4.96. The van der Waals surface area contributed by atoms with Crippen molar-refractivity contribution < 1.29 is 45.0 Å². The molecule has 0 radical (unpaired) electrons. The highest BCUT2D eigenvalue weighted by molar-refractivity contribution is 8.76. The minimum Gasteiger partial charge on any atom is -0.453 e. The van der Waals surface area contributed by atoms with Gasteiger partial charge in [0.15, 0.2) is 0 Å². The lowest BCUT2D eigenvalue weighted by atomic mass is 9.81. The number of carbonyl (C=O) groups is 2. The average Bonchev–Trinajstić information content (AvgIpc) is 3.06. The van der Waals surface area contributed by atoms with Crippen molar-refractivity contribution in [3.8, 4) is 5.75 Å². The number of esters is 2. The Morgan fingerprint density at radius 2 is 1.48 bits per heavy atom. The zero-order chi connectivity index (χ0) is 36.5. The van der Waals surface area contributed by atoms with Crippen LogP contribution in [0.15, 0.2) is 106 Å². The third-order valence-corrected chi connectivity index (χ3v) is 12.1. The molecule has 3 aromatic carbocycles. The van der Waals surface area contributed by atoms with Gasteiger partial charge in [-0.2, -0.15) is 16.8 Å². The van der Waals surface area contributed by atoms with Crippen molar-refractivity contribution in [1.29, 1.82) is 0 Å². The average molecular weight is 763 g/mol. The second kappa shape index (κ2) is 17.2. The summed E-state index contributed by atoms with van der Waals surface area (Å²) in [5.41, 5.74) is 7.58. The monoisotopic (exact) mass is 762 g/mol. The Morgan fingerprint density at radius 3 is 2.10 bits per heavy atom. The fraction of sp³-hybridized carbons (Fsp3) is 0.294. The predicted octanol–water partition coefficient (Wildman–Crippen LogP) is 4.66. The molecular weight excluding hydrogens is 725 g/mol. The van der Waals surface area contributed by atoms with Gasteiger partial charge in [-0.05, 0) is 48.3 Å². The van der Waals surface area contributed by atoms with E-state index >= 15 is 0 Å². The molecule has 0 aromatic heterocycles. The van der Waals surface area contributed by atoms with E-state index in [2.05, 4.69) is 5.32 Å². The number of benzene rings is 3. The minimum atomic E-state index is -4.55. The molecule has 16 heteroatoms. The number of hydrogen-bond donors (Lipinski definition) is 4. The molecule has 50 heavy (non-hydrogen) atoms. The lowest BCUT2D eigenvalue weighted by molar-refractivity contribution is -0.157. The van der Waals surface area contributed by atoms with Gasteiger partial charge in [0, 0.05) is 37.0 Å². The SMILES string of the molecule is CC1=CC=C(S(=O)(=O)O)CC1(Cc1ccccc1)OC(=O)C(N)CSSCC(NCc1ccccc1)C(=O)Oc1cc(S(=O)(=O)O)ccc1C. The molecule has 0 fully saturated rings. The number of carbonyl (C=O) groups excluding carboxylic acids is 2. The van der Waals surface area contributed by atoms with Gasteiger partial charge in [-0.25, -0.2) is 4.79 Å². The second-order valence-corrected chi connectivity index (χ2v) is 17.1. The van der Waals surface area contributed by atoms with Crippen LogP contribution in [-0.4, -0.2) is 67.1 Å². The maximum absolute atomic E-state index is 13.4. The topological polar surface area (TPSA) is 199 Å². The number of nitrogens with one attached hydrogen (secondary N) is 1. The summed E-state index contributed by atoms with van der Waals surface area (Å²) >= 11 is 0. The maximum Gasteiger partial charge on any atom is 0.329 e. The first-order valence-electron chi connectivity index (χ1n) is 15.3. The standard InChI is InChI=1S/C34H38N2O10S4/c1-23-13-15-27(49(39,40)41)17-31(23)45-33(38)30(36-20-26-11-7-4-8-12-26)22-48-47-21-29(35)32(37)46-34(18-25-9-5-3-6-10-25)19-28(50(42,43)44)16-14-24(34)2/h3-17,29-30,36H,18-22,35H2,1-2H3,(H,39,40,41)(H,42,43,44). The zero-order valence-electron chi connectivity index (χ0n) is 27.2. The summed E-state index contributed by atoms with van der Waals surface area (Å²) in [6.07, 6.45) is 2.66. The number of nitrogens with two attached hydrogens (primary N) is 1. The molecule has 0 heterocycles. The Hall–Kier alpha value is -3.48. The van der Waals surface area contributed by atoms with Crippen molar-refractivity contribution >= 4 is 53.8 Å². The summed E-state index contributed by atoms with van der Waals surface area (Å²) in [5, 5.41) is 3.15. The van der Waals surface area contributed by atoms with Gasteiger partial charge in [0.1, 0.15) is 23.4 Å². The quantitative estimate of drug-likeness (QED) is 0.0517. The Labute approximate surface area is 299 Å². The van der Waals surface area contributed by atoms with Crippen LogP contribution in [0.25, 0.3) is 0 Å². The third kappa shape index (κ3) is 11.0. The zero-order valence-corrected chi connectivity index (χ0v) is 30.5. The Kier molecular flexibility index (Phi) is 13.5. The van der Waals surface area contributed by atoms with E-state index in [1.165, 1.54) is 45.9 Å². The van der Waals surface area contributed by atoms with Crippen molar-refractivity contribution in [2.45, 2.75) is 55.8 Å². The summed E-state index contributed by atoms with van der Waals surface area (Å²) in [7, 11) is -6.62. The molecular formula is C34H38N2O10S4. The van der Waals surface area contributed by atoms with Crippen LogP contribution in [0, 0.1) is 6.92 Å². The first kappa shape index (κ1) is 39.3. The molecule has 0 saturated carbocycles. The molecule has 0 bridgehead atoms. The van der Waals surface area contributed by atoms with Crippen LogP contribution in [0.5, 0.6) is 5.75 Å². The molecule has 3 unspecified atom stereocenters. The van der Waals surface area contributed by atoms with Crippen LogP contribution in [0.2, 0.25) is 0 Å². The summed E-state index contributed by atoms with van der Waals surface area (Å²) < 4.78 is 78.1. The number of ether oxygens (including phenoxy) is 2. The van der Waals surface area contributed by atoms with Crippen molar-refractivity contribution in [3.63, 3.8) is 0 Å². The highest BCUT2D eigenvalue weighted by Gasteiger charge is 2.42. The first-order valence-corrected chi connectivity index (χ1v) is 20.6. The van der Waals surface area contributed by atoms with E-state index in [4.69, 9.17) is 15.2 Å². The van der Waals surface area contributed by atoms with Gasteiger partial charge >= 0.3 is 11.9 Å². The van der Waals surface area contributed by atoms with Crippen LogP contribution in [0.3, 0.4) is 0 Å². The van der Waals surface area contributed by atoms with Crippen molar-refractivity contribution in [2.75, 3.05) is 11.5 Å². The third-order valence-electron chi connectivity index (χ3n) is 7.87. The van der Waals surface area contributed by atoms with E-state index in [9.17, 15) is 35.5 Å². The normalized spacial score (nSPS) is 17.6. The van der Waals surface area contributed by atoms with E-state index in [-0.39, 0.29) is 35.0 Å². The Morgan fingerprint density at radius 1 is 0.860 bits per heavy atom. The van der Waals surface area contributed by atoms with Crippen LogP contribution in [0.4, 0.5) is 0 Å². The molecule has 0 amide bonds. The summed E-state index contributed by atoms with van der Waals surface area (Å²) in [6.45, 7) is 3.66. The molecule has 1 aliphatic carbocycles. The molecule has 4 rings (SSSR count). The van der Waals surface area contributed by atoms with E-state index in [0.29, 0.717) is 17.7 Å². The highest BCUT2D eigenvalue weighted by atomic mass is 33.1. The maximum atomic E-state index is 13.4. The van der Waals surface area contributed by atoms with Crippen molar-refractivity contribution in [2.24, 2.45) is 5.73 Å². The van der Waals surface area contributed by atoms with Crippen LogP contribution >= 0.6 is 21.6 Å². The second-order valence-electron chi connectivity index (χ2n) is 11.6. The molecule has 1 aliphatic rings. The first-order chi connectivity index (χ1) is 23.6. The number of allylic oxidation sites excluding steroid dienone is 2. The van der Waals surface area contributed by atoms with Crippen LogP contribution in [0.1, 0.15) is 30.0 Å². The van der Waals surface area contributed by atoms with Crippen LogP contribution < -0.4 is 15.8 Å². The van der Waals surface area contributed by atoms with Gasteiger partial charge in [-0.15, -0.1) is 0 Å². The smallest absolute Gasteiger partial charge is 0.329 e.